The first-order valence-corrected chi connectivity index (χ1v) is 8.45. The van der Waals surface area contributed by atoms with Crippen LogP contribution < -0.4 is 10.6 Å². The van der Waals surface area contributed by atoms with E-state index in [1.165, 1.54) is 12.1 Å². The molecule has 1 aromatic rings. The Morgan fingerprint density at radius 3 is 2.67 bits per heavy atom. The first kappa shape index (κ1) is 18.4. The fourth-order valence-corrected chi connectivity index (χ4v) is 2.97. The smallest absolute Gasteiger partial charge is 0.233 e. The van der Waals surface area contributed by atoms with Gasteiger partial charge in [0.05, 0.1) is 6.54 Å². The van der Waals surface area contributed by atoms with Gasteiger partial charge in [-0.3, -0.25) is 14.5 Å². The summed E-state index contributed by atoms with van der Waals surface area (Å²) in [5.41, 5.74) is 0.832. The largest absolute Gasteiger partial charge is 0.358 e. The Bertz CT molecular complexity index is 571. The minimum Gasteiger partial charge on any atom is -0.358 e. The van der Waals surface area contributed by atoms with E-state index < -0.39 is 0 Å². The van der Waals surface area contributed by atoms with Crippen LogP contribution in [0.2, 0.25) is 0 Å². The van der Waals surface area contributed by atoms with Gasteiger partial charge in [0.25, 0.3) is 0 Å². The molecule has 132 valence electrons. The van der Waals surface area contributed by atoms with E-state index in [9.17, 15) is 14.0 Å². The summed E-state index contributed by atoms with van der Waals surface area (Å²) in [6.07, 6.45) is 2.21. The molecule has 0 aliphatic carbocycles. The summed E-state index contributed by atoms with van der Waals surface area (Å²) >= 11 is 0. The third-order valence-corrected chi connectivity index (χ3v) is 4.46. The van der Waals surface area contributed by atoms with Crippen molar-refractivity contribution in [3.8, 4) is 0 Å². The molecule has 24 heavy (non-hydrogen) atoms. The minimum absolute atomic E-state index is 0.00372. The van der Waals surface area contributed by atoms with Crippen molar-refractivity contribution in [1.82, 2.24) is 15.5 Å². The second-order valence-electron chi connectivity index (χ2n) is 6.47. The van der Waals surface area contributed by atoms with E-state index in [4.69, 9.17) is 0 Å². The van der Waals surface area contributed by atoms with Gasteiger partial charge in [-0.25, -0.2) is 4.39 Å². The van der Waals surface area contributed by atoms with Crippen LogP contribution >= 0.6 is 0 Å². The molecule has 6 heteroatoms. The third-order valence-electron chi connectivity index (χ3n) is 4.46. The van der Waals surface area contributed by atoms with Gasteiger partial charge < -0.3 is 10.6 Å². The topological polar surface area (TPSA) is 61.4 Å². The highest BCUT2D eigenvalue weighted by Crippen LogP contribution is 2.13. The summed E-state index contributed by atoms with van der Waals surface area (Å²) < 4.78 is 13.2. The number of likely N-dealkylation sites (N-methyl/N-ethyl adjacent to an activating group) is 1. The first-order chi connectivity index (χ1) is 11.5. The fraction of sp³-hybridized carbons (Fsp3) is 0.556. The molecule has 0 bridgehead atoms. The molecule has 1 aliphatic heterocycles. The van der Waals surface area contributed by atoms with Crippen LogP contribution in [0.15, 0.2) is 24.3 Å². The molecule has 0 radical (unpaired) electrons. The highest BCUT2D eigenvalue weighted by molar-refractivity contribution is 5.79. The van der Waals surface area contributed by atoms with Crippen LogP contribution in [0, 0.1) is 11.7 Å². The number of halogens is 1. The number of carbonyl (C=O) groups is 2. The summed E-state index contributed by atoms with van der Waals surface area (Å²) in [6, 6.07) is 6.53. The van der Waals surface area contributed by atoms with E-state index in [-0.39, 0.29) is 29.6 Å². The molecule has 0 spiro atoms. The molecule has 5 nitrogen and oxygen atoms in total. The van der Waals surface area contributed by atoms with Crippen molar-refractivity contribution in [2.45, 2.75) is 32.2 Å². The SMILES string of the molecule is CNC(=O)CN1CCC(NC(=O)[C@@H](C)Cc2cccc(F)c2)CC1. The number of benzene rings is 1. The monoisotopic (exact) mass is 335 g/mol. The van der Waals surface area contributed by atoms with E-state index >= 15 is 0 Å². The van der Waals surface area contributed by atoms with E-state index in [1.54, 1.807) is 13.1 Å². The zero-order chi connectivity index (χ0) is 17.5. The molecule has 1 saturated heterocycles. The Balaban J connectivity index is 1.75. The fourth-order valence-electron chi connectivity index (χ4n) is 2.97. The van der Waals surface area contributed by atoms with Crippen molar-refractivity contribution >= 4 is 11.8 Å². The van der Waals surface area contributed by atoms with Gasteiger partial charge in [0, 0.05) is 32.1 Å². The van der Waals surface area contributed by atoms with Crippen molar-refractivity contribution in [2.24, 2.45) is 5.92 Å². The van der Waals surface area contributed by atoms with Gasteiger partial charge in [0.15, 0.2) is 0 Å². The van der Waals surface area contributed by atoms with Crippen LogP contribution in [0.1, 0.15) is 25.3 Å². The molecule has 2 N–H and O–H groups in total. The highest BCUT2D eigenvalue weighted by atomic mass is 19.1. The lowest BCUT2D eigenvalue weighted by Gasteiger charge is -2.32. The normalized spacial score (nSPS) is 17.3. The molecule has 0 aromatic heterocycles. The summed E-state index contributed by atoms with van der Waals surface area (Å²) in [5.74, 6) is -0.454. The number of likely N-dealkylation sites (tertiary alicyclic amines) is 1. The maximum atomic E-state index is 13.2. The molecule has 1 aromatic carbocycles. The lowest BCUT2D eigenvalue weighted by atomic mass is 9.98. The maximum Gasteiger partial charge on any atom is 0.233 e. The second kappa shape index (κ2) is 8.78. The number of piperidine rings is 1. The van der Waals surface area contributed by atoms with Gasteiger partial charge >= 0.3 is 0 Å². The van der Waals surface area contributed by atoms with E-state index in [1.807, 2.05) is 13.0 Å². The van der Waals surface area contributed by atoms with Gasteiger partial charge in [-0.2, -0.15) is 0 Å². The Kier molecular flexibility index (Phi) is 6.73. The lowest BCUT2D eigenvalue weighted by molar-refractivity contribution is -0.126. The first-order valence-electron chi connectivity index (χ1n) is 8.45. The van der Waals surface area contributed by atoms with Crippen LogP contribution in [-0.2, 0) is 16.0 Å². The molecule has 2 rings (SSSR count). The highest BCUT2D eigenvalue weighted by Gasteiger charge is 2.23. The van der Waals surface area contributed by atoms with Crippen molar-refractivity contribution in [3.05, 3.63) is 35.6 Å². The van der Waals surface area contributed by atoms with Gasteiger partial charge in [0.1, 0.15) is 5.82 Å². The molecule has 0 unspecified atom stereocenters. The van der Waals surface area contributed by atoms with Gasteiger partial charge in [-0.05, 0) is 37.0 Å². The van der Waals surface area contributed by atoms with Crippen LogP contribution in [0.5, 0.6) is 0 Å². The zero-order valence-corrected chi connectivity index (χ0v) is 14.3. The Morgan fingerprint density at radius 1 is 1.33 bits per heavy atom. The van der Waals surface area contributed by atoms with E-state index in [0.717, 1.165) is 31.5 Å². The predicted molar refractivity (Wildman–Crippen MR) is 90.9 cm³/mol. The Hall–Kier alpha value is -1.95. The van der Waals surface area contributed by atoms with Crippen LogP contribution in [0.4, 0.5) is 4.39 Å². The second-order valence-corrected chi connectivity index (χ2v) is 6.47. The van der Waals surface area contributed by atoms with Crippen molar-refractivity contribution in [1.29, 1.82) is 0 Å². The zero-order valence-electron chi connectivity index (χ0n) is 14.3. The van der Waals surface area contributed by atoms with Gasteiger partial charge in [0.2, 0.25) is 11.8 Å². The number of hydrogen-bond acceptors (Lipinski definition) is 3. The van der Waals surface area contributed by atoms with Gasteiger partial charge in [-0.1, -0.05) is 19.1 Å². The number of nitrogens with one attached hydrogen (secondary N) is 2. The van der Waals surface area contributed by atoms with Crippen LogP contribution in [-0.4, -0.2) is 49.4 Å². The maximum absolute atomic E-state index is 13.2. The molecule has 1 heterocycles. The summed E-state index contributed by atoms with van der Waals surface area (Å²) in [4.78, 5) is 25.8. The average Bonchev–Trinajstić information content (AvgIpc) is 2.56. The van der Waals surface area contributed by atoms with Gasteiger partial charge in [-0.15, -0.1) is 0 Å². The number of hydrogen-bond donors (Lipinski definition) is 2. The molecule has 2 amide bonds. The van der Waals surface area contributed by atoms with Crippen LogP contribution in [0.25, 0.3) is 0 Å². The Labute approximate surface area is 142 Å². The van der Waals surface area contributed by atoms with Crippen LogP contribution in [0.3, 0.4) is 0 Å². The minimum atomic E-state index is -0.274. The number of nitrogens with zero attached hydrogens (tertiary/aromatic N) is 1. The number of carbonyl (C=O) groups excluding carboxylic acids is 2. The molecule has 1 atom stereocenters. The predicted octanol–water partition coefficient (Wildman–Crippen LogP) is 1.33. The number of rotatable bonds is 6. The molecular weight excluding hydrogens is 309 g/mol. The van der Waals surface area contributed by atoms with E-state index in [0.29, 0.717) is 13.0 Å². The summed E-state index contributed by atoms with van der Waals surface area (Å²) in [6.45, 7) is 3.88. The lowest BCUT2D eigenvalue weighted by Crippen LogP contribution is -2.48. The molecule has 1 fully saturated rings. The Morgan fingerprint density at radius 2 is 2.04 bits per heavy atom. The third kappa shape index (κ3) is 5.60. The number of amides is 2. The molecular formula is C18H26FN3O2. The average molecular weight is 335 g/mol. The quantitative estimate of drug-likeness (QED) is 0.824. The van der Waals surface area contributed by atoms with Crippen molar-refractivity contribution in [3.63, 3.8) is 0 Å². The summed E-state index contributed by atoms with van der Waals surface area (Å²) in [7, 11) is 1.63. The molecule has 1 aliphatic rings. The van der Waals surface area contributed by atoms with Crippen molar-refractivity contribution < 1.29 is 14.0 Å². The molecule has 0 saturated carbocycles. The van der Waals surface area contributed by atoms with E-state index in [2.05, 4.69) is 15.5 Å². The van der Waals surface area contributed by atoms with Crippen molar-refractivity contribution in [2.75, 3.05) is 26.7 Å². The standard InChI is InChI=1S/C18H26FN3O2/c1-13(10-14-4-3-5-15(19)11-14)18(24)21-16-6-8-22(9-7-16)12-17(23)20-2/h3-5,11,13,16H,6-10,12H2,1-2H3,(H,20,23)(H,21,24)/t13-/m0/s1. The summed E-state index contributed by atoms with van der Waals surface area (Å²) in [5, 5.41) is 5.70.